The van der Waals surface area contributed by atoms with E-state index in [-0.39, 0.29) is 12.6 Å². The van der Waals surface area contributed by atoms with Gasteiger partial charge in [-0.2, -0.15) is 0 Å². The first-order chi connectivity index (χ1) is 7.72. The van der Waals surface area contributed by atoms with E-state index in [9.17, 15) is 5.11 Å². The summed E-state index contributed by atoms with van der Waals surface area (Å²) >= 11 is 1.76. The second-order valence-electron chi connectivity index (χ2n) is 4.51. The molecule has 0 saturated carbocycles. The molecule has 1 N–H and O–H groups in total. The predicted octanol–water partition coefficient (Wildman–Crippen LogP) is 1.34. The maximum atomic E-state index is 9.59. The number of aliphatic hydroxyl groups is 1. The first-order valence-electron chi connectivity index (χ1n) is 5.80. The minimum Gasteiger partial charge on any atom is -0.394 e. The lowest BCUT2D eigenvalue weighted by Gasteiger charge is -2.37. The van der Waals surface area contributed by atoms with E-state index in [1.807, 2.05) is 0 Å². The Balaban J connectivity index is 2.08. The Morgan fingerprint density at radius 3 is 2.56 bits per heavy atom. The van der Waals surface area contributed by atoms with Crippen LogP contribution in [0.15, 0.2) is 11.4 Å². The normalized spacial score (nSPS) is 21.2. The zero-order chi connectivity index (χ0) is 11.5. The minimum atomic E-state index is 0.202. The summed E-state index contributed by atoms with van der Waals surface area (Å²) in [7, 11) is 2.15. The second kappa shape index (κ2) is 5.27. The predicted molar refractivity (Wildman–Crippen MR) is 68.0 cm³/mol. The zero-order valence-corrected chi connectivity index (χ0v) is 10.8. The first kappa shape index (κ1) is 12.0. The van der Waals surface area contributed by atoms with Crippen LogP contribution in [-0.2, 0) is 0 Å². The van der Waals surface area contributed by atoms with Gasteiger partial charge in [0.1, 0.15) is 0 Å². The molecule has 1 aliphatic rings. The molecule has 1 aliphatic heterocycles. The summed E-state index contributed by atoms with van der Waals surface area (Å²) in [6.07, 6.45) is 0. The van der Waals surface area contributed by atoms with Gasteiger partial charge in [-0.25, -0.2) is 0 Å². The van der Waals surface area contributed by atoms with Crippen LogP contribution in [0.25, 0.3) is 0 Å². The van der Waals surface area contributed by atoms with E-state index in [0.717, 1.165) is 26.2 Å². The molecular weight excluding hydrogens is 220 g/mol. The largest absolute Gasteiger partial charge is 0.394 e. The van der Waals surface area contributed by atoms with Crippen LogP contribution in [0.1, 0.15) is 16.5 Å². The summed E-state index contributed by atoms with van der Waals surface area (Å²) in [5.41, 5.74) is 1.31. The highest BCUT2D eigenvalue weighted by atomic mass is 32.1. The highest BCUT2D eigenvalue weighted by molar-refractivity contribution is 7.10. The lowest BCUT2D eigenvalue weighted by molar-refractivity contribution is 0.0762. The summed E-state index contributed by atoms with van der Waals surface area (Å²) in [5.74, 6) is 0. The molecule has 1 aromatic rings. The van der Waals surface area contributed by atoms with Gasteiger partial charge in [0.25, 0.3) is 0 Å². The van der Waals surface area contributed by atoms with Gasteiger partial charge in [-0.3, -0.25) is 4.90 Å². The number of hydrogen-bond acceptors (Lipinski definition) is 4. The Kier molecular flexibility index (Phi) is 3.97. The molecule has 3 nitrogen and oxygen atoms in total. The van der Waals surface area contributed by atoms with Gasteiger partial charge in [-0.05, 0) is 31.0 Å². The molecule has 0 bridgehead atoms. The quantitative estimate of drug-likeness (QED) is 0.863. The van der Waals surface area contributed by atoms with Gasteiger partial charge < -0.3 is 10.0 Å². The molecular formula is C12H20N2OS. The highest BCUT2D eigenvalue weighted by Gasteiger charge is 2.24. The molecule has 0 radical (unpaired) electrons. The molecule has 0 aliphatic carbocycles. The Morgan fingerprint density at radius 2 is 2.06 bits per heavy atom. The molecule has 4 heteroatoms. The third-order valence-corrected chi connectivity index (χ3v) is 4.48. The fourth-order valence-corrected chi connectivity index (χ4v) is 3.28. The summed E-state index contributed by atoms with van der Waals surface area (Å²) in [4.78, 5) is 6.07. The zero-order valence-electron chi connectivity index (χ0n) is 10.0. The topological polar surface area (TPSA) is 26.7 Å². The molecule has 0 aromatic carbocycles. The van der Waals surface area contributed by atoms with Crippen LogP contribution in [0.2, 0.25) is 0 Å². The summed E-state index contributed by atoms with van der Waals surface area (Å²) in [6, 6.07) is 2.34. The van der Waals surface area contributed by atoms with Gasteiger partial charge in [-0.15, -0.1) is 11.3 Å². The molecule has 2 rings (SSSR count). The van der Waals surface area contributed by atoms with E-state index >= 15 is 0 Å². The van der Waals surface area contributed by atoms with Crippen molar-refractivity contribution in [3.05, 3.63) is 21.9 Å². The van der Waals surface area contributed by atoms with Crippen LogP contribution in [0.3, 0.4) is 0 Å². The highest BCUT2D eigenvalue weighted by Crippen LogP contribution is 2.28. The van der Waals surface area contributed by atoms with E-state index in [4.69, 9.17) is 0 Å². The standard InChI is InChI=1S/C12H20N2OS/c1-10-3-8-16-12(10)11(9-15)14-6-4-13(2)5-7-14/h3,8,11,15H,4-7,9H2,1-2H3. The number of aliphatic hydroxyl groups excluding tert-OH is 1. The van der Waals surface area contributed by atoms with Gasteiger partial charge in [0.2, 0.25) is 0 Å². The van der Waals surface area contributed by atoms with Gasteiger partial charge in [0.05, 0.1) is 12.6 Å². The van der Waals surface area contributed by atoms with Crippen LogP contribution in [-0.4, -0.2) is 54.7 Å². The average molecular weight is 240 g/mol. The summed E-state index contributed by atoms with van der Waals surface area (Å²) in [6.45, 7) is 6.66. The molecule has 0 spiro atoms. The molecule has 1 atom stereocenters. The number of aryl methyl sites for hydroxylation is 1. The van der Waals surface area contributed by atoms with Crippen molar-refractivity contribution in [1.29, 1.82) is 0 Å². The lowest BCUT2D eigenvalue weighted by Crippen LogP contribution is -2.46. The molecule has 16 heavy (non-hydrogen) atoms. The summed E-state index contributed by atoms with van der Waals surface area (Å²) in [5, 5.41) is 11.7. The third-order valence-electron chi connectivity index (χ3n) is 3.36. The molecule has 1 unspecified atom stereocenters. The van der Waals surface area contributed by atoms with Gasteiger partial charge in [-0.1, -0.05) is 0 Å². The smallest absolute Gasteiger partial charge is 0.0678 e. The van der Waals surface area contributed by atoms with Crippen LogP contribution < -0.4 is 0 Å². The van der Waals surface area contributed by atoms with E-state index in [1.165, 1.54) is 10.4 Å². The van der Waals surface area contributed by atoms with Crippen molar-refractivity contribution in [2.45, 2.75) is 13.0 Å². The van der Waals surface area contributed by atoms with Crippen molar-refractivity contribution >= 4 is 11.3 Å². The fraction of sp³-hybridized carbons (Fsp3) is 0.667. The van der Waals surface area contributed by atoms with Crippen molar-refractivity contribution in [3.8, 4) is 0 Å². The number of likely N-dealkylation sites (N-methyl/N-ethyl adjacent to an activating group) is 1. The van der Waals surface area contributed by atoms with E-state index in [1.54, 1.807) is 11.3 Å². The number of piperazine rings is 1. The molecule has 1 saturated heterocycles. The number of hydrogen-bond donors (Lipinski definition) is 1. The molecule has 1 aromatic heterocycles. The van der Waals surface area contributed by atoms with Crippen molar-refractivity contribution in [2.24, 2.45) is 0 Å². The van der Waals surface area contributed by atoms with E-state index < -0.39 is 0 Å². The average Bonchev–Trinajstić information content (AvgIpc) is 2.69. The molecule has 2 heterocycles. The number of thiophene rings is 1. The Bertz CT molecular complexity index is 332. The summed E-state index contributed by atoms with van der Waals surface area (Å²) < 4.78 is 0. The molecule has 0 amide bonds. The lowest BCUT2D eigenvalue weighted by atomic mass is 10.1. The van der Waals surface area contributed by atoms with Crippen molar-refractivity contribution < 1.29 is 5.11 Å². The van der Waals surface area contributed by atoms with Crippen LogP contribution in [0.5, 0.6) is 0 Å². The SMILES string of the molecule is Cc1ccsc1C(CO)N1CCN(C)CC1. The number of rotatable bonds is 3. The monoisotopic (exact) mass is 240 g/mol. The van der Waals surface area contributed by atoms with Crippen LogP contribution in [0, 0.1) is 6.92 Å². The Morgan fingerprint density at radius 1 is 1.38 bits per heavy atom. The van der Waals surface area contributed by atoms with Gasteiger partial charge >= 0.3 is 0 Å². The van der Waals surface area contributed by atoms with Crippen LogP contribution >= 0.6 is 11.3 Å². The van der Waals surface area contributed by atoms with Crippen molar-refractivity contribution in [3.63, 3.8) is 0 Å². The first-order valence-corrected chi connectivity index (χ1v) is 6.67. The maximum Gasteiger partial charge on any atom is 0.0678 e. The third kappa shape index (κ3) is 2.46. The second-order valence-corrected chi connectivity index (χ2v) is 5.45. The van der Waals surface area contributed by atoms with Crippen molar-refractivity contribution in [1.82, 2.24) is 9.80 Å². The van der Waals surface area contributed by atoms with Crippen molar-refractivity contribution in [2.75, 3.05) is 39.8 Å². The maximum absolute atomic E-state index is 9.59. The fourth-order valence-electron chi connectivity index (χ4n) is 2.22. The minimum absolute atomic E-state index is 0.202. The number of nitrogens with zero attached hydrogens (tertiary/aromatic N) is 2. The molecule has 90 valence electrons. The van der Waals surface area contributed by atoms with Gasteiger partial charge in [0, 0.05) is 31.1 Å². The van der Waals surface area contributed by atoms with E-state index in [2.05, 4.69) is 35.2 Å². The van der Waals surface area contributed by atoms with E-state index in [0.29, 0.717) is 0 Å². The Hall–Kier alpha value is -0.420. The molecule has 1 fully saturated rings. The van der Waals surface area contributed by atoms with Crippen LogP contribution in [0.4, 0.5) is 0 Å². The Labute approximate surface area is 101 Å². The van der Waals surface area contributed by atoms with Gasteiger partial charge in [0.15, 0.2) is 0 Å².